The predicted molar refractivity (Wildman–Crippen MR) is 66.9 cm³/mol. The molecule has 1 heterocycles. The molecule has 6 nitrogen and oxygen atoms in total. The highest BCUT2D eigenvalue weighted by molar-refractivity contribution is 5.78. The van der Waals surface area contributed by atoms with Gasteiger partial charge < -0.3 is 19.3 Å². The van der Waals surface area contributed by atoms with Gasteiger partial charge in [0.25, 0.3) is 0 Å². The molecule has 0 aliphatic carbocycles. The summed E-state index contributed by atoms with van der Waals surface area (Å²) in [6.07, 6.45) is -9.95. The number of alkyl halides is 6. The lowest BCUT2D eigenvalue weighted by Crippen LogP contribution is -2.44. The molecule has 0 bridgehead atoms. The fourth-order valence-electron chi connectivity index (χ4n) is 0.959. The lowest BCUT2D eigenvalue weighted by atomic mass is 9.93. The van der Waals surface area contributed by atoms with Crippen LogP contribution in [0.1, 0.15) is 20.8 Å². The Hall–Kier alpha value is -1.72. The topological polar surface area (TPSA) is 82.1 Å². The highest BCUT2D eigenvalue weighted by Gasteiger charge is 2.43. The van der Waals surface area contributed by atoms with Crippen LogP contribution in [-0.2, 0) is 19.0 Å². The second-order valence-electron chi connectivity index (χ2n) is 4.35. The minimum atomic E-state index is -4.59. The number of hydrogen-bond donors (Lipinski definition) is 1. The zero-order chi connectivity index (χ0) is 19.6. The standard InChI is InChI=1S/C8H9F3O5.C2H3F3O.C2H6/c1-7(2-15-6(13)16-3-7)5(12)14-4-8(9,10)11;3-2(4,5)1-6;1-2/h2-4H2,1H3;6H,1H2;1-2H3. The van der Waals surface area contributed by atoms with Crippen LogP contribution in [0.5, 0.6) is 0 Å². The summed E-state index contributed by atoms with van der Waals surface area (Å²) in [5.41, 5.74) is -1.39. The van der Waals surface area contributed by atoms with Crippen molar-refractivity contribution in [3.63, 3.8) is 0 Å². The van der Waals surface area contributed by atoms with E-state index in [0.717, 1.165) is 0 Å². The van der Waals surface area contributed by atoms with Crippen LogP contribution in [0, 0.1) is 5.41 Å². The molecule has 1 fully saturated rings. The van der Waals surface area contributed by atoms with Gasteiger partial charge in [-0.3, -0.25) is 4.79 Å². The Morgan fingerprint density at radius 1 is 1.12 bits per heavy atom. The van der Waals surface area contributed by atoms with Gasteiger partial charge >= 0.3 is 24.5 Å². The van der Waals surface area contributed by atoms with E-state index in [1.165, 1.54) is 6.92 Å². The van der Waals surface area contributed by atoms with Crippen molar-refractivity contribution in [1.29, 1.82) is 0 Å². The summed E-state index contributed by atoms with van der Waals surface area (Å²) in [5.74, 6) is -1.11. The molecule has 12 heteroatoms. The molecule has 24 heavy (non-hydrogen) atoms. The third-order valence-corrected chi connectivity index (χ3v) is 2.06. The van der Waals surface area contributed by atoms with Crippen molar-refractivity contribution < 1.29 is 55.2 Å². The predicted octanol–water partition coefficient (Wildman–Crippen LogP) is 2.83. The van der Waals surface area contributed by atoms with Gasteiger partial charge in [-0.25, -0.2) is 4.79 Å². The molecule has 0 saturated carbocycles. The average molecular weight is 372 g/mol. The van der Waals surface area contributed by atoms with E-state index in [2.05, 4.69) is 14.2 Å². The van der Waals surface area contributed by atoms with E-state index in [1.807, 2.05) is 13.8 Å². The van der Waals surface area contributed by atoms with Crippen LogP contribution >= 0.6 is 0 Å². The van der Waals surface area contributed by atoms with Crippen molar-refractivity contribution in [2.24, 2.45) is 5.41 Å². The summed E-state index contributed by atoms with van der Waals surface area (Å²) in [7, 11) is 0. The van der Waals surface area contributed by atoms with Crippen molar-refractivity contribution in [1.82, 2.24) is 0 Å². The van der Waals surface area contributed by atoms with Crippen molar-refractivity contribution in [2.45, 2.75) is 33.1 Å². The van der Waals surface area contributed by atoms with E-state index in [1.54, 1.807) is 0 Å². The number of halogens is 6. The smallest absolute Gasteiger partial charge is 0.455 e. The van der Waals surface area contributed by atoms with E-state index >= 15 is 0 Å². The number of rotatable bonds is 2. The van der Waals surface area contributed by atoms with Crippen LogP contribution < -0.4 is 0 Å². The SMILES string of the molecule is CC.CC1(C(=O)OCC(F)(F)F)COC(=O)OC1.OCC(F)(F)F. The molecule has 0 spiro atoms. The van der Waals surface area contributed by atoms with E-state index in [0.29, 0.717) is 0 Å². The van der Waals surface area contributed by atoms with Gasteiger partial charge in [0.2, 0.25) is 0 Å². The Labute approximate surface area is 133 Å². The minimum absolute atomic E-state index is 0.359. The summed E-state index contributed by atoms with van der Waals surface area (Å²) < 4.78 is 79.8. The molecular formula is C12H18F6O6. The lowest BCUT2D eigenvalue weighted by Gasteiger charge is -2.29. The normalized spacial score (nSPS) is 16.3. The molecule has 144 valence electrons. The Balaban J connectivity index is 0. The number of carbonyl (C=O) groups excluding carboxylic acids is 2. The quantitative estimate of drug-likeness (QED) is 0.593. The first-order chi connectivity index (χ1) is 10.8. The Morgan fingerprint density at radius 2 is 1.50 bits per heavy atom. The minimum Gasteiger partial charge on any atom is -0.455 e. The fourth-order valence-corrected chi connectivity index (χ4v) is 0.959. The fraction of sp³-hybridized carbons (Fsp3) is 0.833. The number of aliphatic hydroxyl groups excluding tert-OH is 1. The summed E-state index contributed by atoms with van der Waals surface area (Å²) >= 11 is 0. The molecule has 0 aromatic carbocycles. The van der Waals surface area contributed by atoms with Crippen molar-refractivity contribution in [3.8, 4) is 0 Å². The summed E-state index contributed by atoms with van der Waals surface area (Å²) in [5, 5.41) is 7.28. The van der Waals surface area contributed by atoms with Gasteiger partial charge in [0.05, 0.1) is 0 Å². The van der Waals surface area contributed by atoms with Gasteiger partial charge in [-0.05, 0) is 6.92 Å². The molecule has 1 aliphatic rings. The lowest BCUT2D eigenvalue weighted by molar-refractivity contribution is -0.199. The maximum absolute atomic E-state index is 11.8. The summed E-state index contributed by atoms with van der Waals surface area (Å²) in [4.78, 5) is 21.8. The highest BCUT2D eigenvalue weighted by atomic mass is 19.4. The first-order valence-corrected chi connectivity index (χ1v) is 6.50. The van der Waals surface area contributed by atoms with Crippen LogP contribution in [-0.4, -0.2) is 56.0 Å². The van der Waals surface area contributed by atoms with Crippen LogP contribution in [0.3, 0.4) is 0 Å². The van der Waals surface area contributed by atoms with Crippen LogP contribution in [0.25, 0.3) is 0 Å². The van der Waals surface area contributed by atoms with Crippen LogP contribution in [0.15, 0.2) is 0 Å². The number of aliphatic hydroxyl groups is 1. The van der Waals surface area contributed by atoms with E-state index in [-0.39, 0.29) is 13.2 Å². The molecule has 0 atom stereocenters. The molecule has 1 N–H and O–H groups in total. The van der Waals surface area contributed by atoms with E-state index in [9.17, 15) is 35.9 Å². The van der Waals surface area contributed by atoms with E-state index < -0.39 is 43.1 Å². The Morgan fingerprint density at radius 3 is 1.79 bits per heavy atom. The first-order valence-electron chi connectivity index (χ1n) is 6.50. The molecule has 1 aliphatic heterocycles. The summed E-state index contributed by atoms with van der Waals surface area (Å²) in [6.45, 7) is 1.17. The zero-order valence-electron chi connectivity index (χ0n) is 13.1. The first kappa shape index (κ1) is 24.5. The Bertz CT molecular complexity index is 382. The molecular weight excluding hydrogens is 354 g/mol. The van der Waals surface area contributed by atoms with Crippen molar-refractivity contribution in [3.05, 3.63) is 0 Å². The molecule has 0 unspecified atom stereocenters. The van der Waals surface area contributed by atoms with Gasteiger partial charge in [0.15, 0.2) is 6.61 Å². The molecule has 0 radical (unpaired) electrons. The summed E-state index contributed by atoms with van der Waals surface area (Å²) in [6, 6.07) is 0. The second kappa shape index (κ2) is 10.2. The van der Waals surface area contributed by atoms with Gasteiger partial charge in [-0.15, -0.1) is 0 Å². The van der Waals surface area contributed by atoms with Crippen LogP contribution in [0.2, 0.25) is 0 Å². The molecule has 1 rings (SSSR count). The van der Waals surface area contributed by atoms with Gasteiger partial charge in [0, 0.05) is 0 Å². The molecule has 0 amide bonds. The third-order valence-electron chi connectivity index (χ3n) is 2.06. The van der Waals surface area contributed by atoms with Crippen LogP contribution in [0.4, 0.5) is 31.1 Å². The van der Waals surface area contributed by atoms with E-state index in [4.69, 9.17) is 5.11 Å². The van der Waals surface area contributed by atoms with Gasteiger partial charge in [-0.1, -0.05) is 13.8 Å². The average Bonchev–Trinajstić information content (AvgIpc) is 2.49. The molecule has 0 aromatic heterocycles. The second-order valence-corrected chi connectivity index (χ2v) is 4.35. The number of hydrogen-bond acceptors (Lipinski definition) is 6. The number of cyclic esters (lactones) is 2. The van der Waals surface area contributed by atoms with Gasteiger partial charge in [-0.2, -0.15) is 26.3 Å². The monoisotopic (exact) mass is 372 g/mol. The van der Waals surface area contributed by atoms with Gasteiger partial charge in [0.1, 0.15) is 25.2 Å². The Kier molecular flexibility index (Phi) is 10.4. The number of carbonyl (C=O) groups is 2. The highest BCUT2D eigenvalue weighted by Crippen LogP contribution is 2.25. The number of ether oxygens (including phenoxy) is 3. The molecule has 1 saturated heterocycles. The largest absolute Gasteiger partial charge is 0.508 e. The maximum Gasteiger partial charge on any atom is 0.508 e. The van der Waals surface area contributed by atoms with Crippen molar-refractivity contribution in [2.75, 3.05) is 26.4 Å². The zero-order valence-corrected chi connectivity index (χ0v) is 13.1. The maximum atomic E-state index is 11.8. The number of esters is 1. The molecule has 0 aromatic rings. The third kappa shape index (κ3) is 11.8. The van der Waals surface area contributed by atoms with Crippen molar-refractivity contribution >= 4 is 12.1 Å².